The van der Waals surface area contributed by atoms with Gasteiger partial charge in [-0.3, -0.25) is 4.57 Å². The first-order chi connectivity index (χ1) is 30.7. The Balaban J connectivity index is 1.06. The van der Waals surface area contributed by atoms with E-state index in [1.54, 1.807) is 0 Å². The summed E-state index contributed by atoms with van der Waals surface area (Å²) in [6.45, 7) is 0. The van der Waals surface area contributed by atoms with Gasteiger partial charge in [-0.25, -0.2) is 4.98 Å². The van der Waals surface area contributed by atoms with Crippen molar-refractivity contribution in [1.29, 1.82) is 0 Å². The second-order valence-corrected chi connectivity index (χ2v) is 16.0. The zero-order valence-corrected chi connectivity index (χ0v) is 33.0. The summed E-state index contributed by atoms with van der Waals surface area (Å²) < 4.78 is 17.1. The zero-order chi connectivity index (χ0) is 40.5. The molecule has 0 fully saturated rings. The summed E-state index contributed by atoms with van der Waals surface area (Å²) in [6.07, 6.45) is 0. The summed E-state index contributed by atoms with van der Waals surface area (Å²) >= 11 is 0. The number of hydrogen-bond acceptors (Lipinski definition) is 5. The van der Waals surface area contributed by atoms with Crippen molar-refractivity contribution in [2.24, 2.45) is 0 Å². The van der Waals surface area contributed by atoms with Gasteiger partial charge in [-0.15, -0.1) is 0 Å². The van der Waals surface area contributed by atoms with Crippen LogP contribution in [-0.2, 0) is 0 Å². The van der Waals surface area contributed by atoms with Crippen LogP contribution < -0.4 is 0 Å². The molecule has 5 aromatic heterocycles. The largest absolute Gasteiger partial charge is 0.456 e. The molecule has 288 valence electrons. The minimum Gasteiger partial charge on any atom is -0.456 e. The van der Waals surface area contributed by atoms with Gasteiger partial charge in [0.05, 0.1) is 22.1 Å². The molecule has 0 aliphatic rings. The van der Waals surface area contributed by atoms with Gasteiger partial charge in [-0.1, -0.05) is 103 Å². The van der Waals surface area contributed by atoms with Gasteiger partial charge in [0.25, 0.3) is 0 Å². The van der Waals surface area contributed by atoms with Crippen molar-refractivity contribution < 1.29 is 8.83 Å². The van der Waals surface area contributed by atoms with E-state index in [0.29, 0.717) is 17.6 Å². The van der Waals surface area contributed by atoms with Gasteiger partial charge in [0, 0.05) is 59.9 Å². The first-order valence-electron chi connectivity index (χ1n) is 20.8. The molecular weight excluding hydrogens is 763 g/mol. The van der Waals surface area contributed by atoms with Crippen molar-refractivity contribution in [3.63, 3.8) is 0 Å². The average Bonchev–Trinajstić information content (AvgIpc) is 4.08. The molecular formula is C55H31N5O2. The van der Waals surface area contributed by atoms with Crippen molar-refractivity contribution in [2.45, 2.75) is 0 Å². The molecule has 62 heavy (non-hydrogen) atoms. The van der Waals surface area contributed by atoms with Crippen molar-refractivity contribution in [2.75, 3.05) is 0 Å². The zero-order valence-electron chi connectivity index (χ0n) is 33.0. The Morgan fingerprint density at radius 1 is 0.323 bits per heavy atom. The highest BCUT2D eigenvalue weighted by molar-refractivity contribution is 6.29. The molecule has 7 nitrogen and oxygen atoms in total. The maximum absolute atomic E-state index is 6.23. The molecule has 0 atom stereocenters. The molecule has 0 saturated heterocycles. The highest BCUT2D eigenvalue weighted by Gasteiger charge is 2.23. The number of aromatic nitrogens is 5. The molecule has 0 unspecified atom stereocenters. The van der Waals surface area contributed by atoms with Crippen LogP contribution in [0.4, 0.5) is 0 Å². The van der Waals surface area contributed by atoms with Crippen molar-refractivity contribution >= 4 is 98.3 Å². The Kier molecular flexibility index (Phi) is 6.71. The normalized spacial score (nSPS) is 12.2. The van der Waals surface area contributed by atoms with E-state index in [2.05, 4.69) is 137 Å². The van der Waals surface area contributed by atoms with Gasteiger partial charge >= 0.3 is 0 Å². The van der Waals surface area contributed by atoms with Crippen LogP contribution in [0.3, 0.4) is 0 Å². The number of nitrogens with zero attached hydrogens (tertiary/aromatic N) is 5. The lowest BCUT2D eigenvalue weighted by molar-refractivity contribution is 0.668. The third kappa shape index (κ3) is 4.73. The van der Waals surface area contributed by atoms with Crippen molar-refractivity contribution in [3.8, 4) is 34.4 Å². The molecule has 5 heterocycles. The van der Waals surface area contributed by atoms with E-state index in [9.17, 15) is 0 Å². The topological polar surface area (TPSA) is 74.8 Å². The number of rotatable bonds is 4. The minimum absolute atomic E-state index is 0.531. The average molecular weight is 794 g/mol. The van der Waals surface area contributed by atoms with Crippen molar-refractivity contribution in [1.82, 2.24) is 24.1 Å². The summed E-state index contributed by atoms with van der Waals surface area (Å²) in [6, 6.07) is 65.7. The first kappa shape index (κ1) is 33.3. The third-order valence-corrected chi connectivity index (χ3v) is 12.6. The van der Waals surface area contributed by atoms with Crippen LogP contribution >= 0.6 is 0 Å². The molecule has 0 N–H and O–H groups in total. The third-order valence-electron chi connectivity index (χ3n) is 12.6. The van der Waals surface area contributed by atoms with Crippen LogP contribution in [0.5, 0.6) is 0 Å². The van der Waals surface area contributed by atoms with Crippen LogP contribution in [0.25, 0.3) is 133 Å². The van der Waals surface area contributed by atoms with E-state index in [4.69, 9.17) is 23.8 Å². The Bertz CT molecular complexity index is 4050. The second kappa shape index (κ2) is 12.5. The highest BCUT2D eigenvalue weighted by atomic mass is 16.3. The van der Waals surface area contributed by atoms with Gasteiger partial charge in [0.15, 0.2) is 11.6 Å². The van der Waals surface area contributed by atoms with Crippen LogP contribution in [0.2, 0.25) is 0 Å². The van der Waals surface area contributed by atoms with E-state index in [1.165, 1.54) is 21.5 Å². The van der Waals surface area contributed by atoms with E-state index in [1.807, 2.05) is 60.7 Å². The molecule has 0 bridgehead atoms. The lowest BCUT2D eigenvalue weighted by Gasteiger charge is -2.11. The van der Waals surface area contributed by atoms with E-state index in [-0.39, 0.29) is 0 Å². The fraction of sp³-hybridized carbons (Fsp3) is 0. The smallest absolute Gasteiger partial charge is 0.238 e. The second-order valence-electron chi connectivity index (χ2n) is 16.0. The standard InChI is InChI=1S/C55H31N5O2/c1-2-12-33-29-36(24-21-32(33)11-1)59-43-17-7-3-15-39(43)51-45(59)25-26-46-52(51)40-16-4-8-18-44(40)60(46)55-57-53(34-22-27-49-41(30-34)37-13-5-9-19-47(37)61-49)56-54(58-55)35-23-28-50-42(31-35)38-14-6-10-20-48(38)62-50/h1-31H. The van der Waals surface area contributed by atoms with Crippen LogP contribution in [0, 0.1) is 0 Å². The number of furan rings is 2. The van der Waals surface area contributed by atoms with Crippen LogP contribution in [0.15, 0.2) is 197 Å². The lowest BCUT2D eigenvalue weighted by Crippen LogP contribution is -2.06. The summed E-state index contributed by atoms with van der Waals surface area (Å²) in [7, 11) is 0. The van der Waals surface area contributed by atoms with E-state index in [0.717, 1.165) is 93.5 Å². The number of hydrogen-bond donors (Lipinski definition) is 0. The summed E-state index contributed by atoms with van der Waals surface area (Å²) in [5, 5.41) is 11.2. The number of benzene rings is 9. The SMILES string of the molecule is c1ccc2cc(-n3c4ccccc4c4c5c6ccccc6n(-c6nc(-c7ccc8oc9ccccc9c8c7)nc(-c7ccc8oc9ccccc9c8c7)n6)c5ccc43)ccc2c1. The summed E-state index contributed by atoms with van der Waals surface area (Å²) in [5.74, 6) is 1.66. The number of fused-ring (bicyclic) bond motifs is 14. The lowest BCUT2D eigenvalue weighted by atomic mass is 10.1. The quantitative estimate of drug-likeness (QED) is 0.177. The van der Waals surface area contributed by atoms with E-state index >= 15 is 0 Å². The van der Waals surface area contributed by atoms with E-state index < -0.39 is 0 Å². The first-order valence-corrected chi connectivity index (χ1v) is 20.8. The molecule has 0 spiro atoms. The Labute approximate surface area is 352 Å². The predicted octanol–water partition coefficient (Wildman–Crippen LogP) is 14.4. The maximum atomic E-state index is 6.23. The van der Waals surface area contributed by atoms with Gasteiger partial charge < -0.3 is 13.4 Å². The van der Waals surface area contributed by atoms with Gasteiger partial charge in [-0.05, 0) is 95.7 Å². The Morgan fingerprint density at radius 2 is 0.806 bits per heavy atom. The molecule has 14 rings (SSSR count). The molecule has 9 aromatic carbocycles. The molecule has 0 aliphatic heterocycles. The maximum Gasteiger partial charge on any atom is 0.238 e. The summed E-state index contributed by atoms with van der Waals surface area (Å²) in [5.41, 5.74) is 10.5. The molecule has 0 amide bonds. The summed E-state index contributed by atoms with van der Waals surface area (Å²) in [4.78, 5) is 15.9. The fourth-order valence-electron chi connectivity index (χ4n) is 9.78. The van der Waals surface area contributed by atoms with Crippen LogP contribution in [-0.4, -0.2) is 24.1 Å². The Hall–Kier alpha value is -8.55. The fourth-order valence-corrected chi connectivity index (χ4v) is 9.78. The van der Waals surface area contributed by atoms with Gasteiger partial charge in [-0.2, -0.15) is 9.97 Å². The number of para-hydroxylation sites is 4. The van der Waals surface area contributed by atoms with Gasteiger partial charge in [0.1, 0.15) is 22.3 Å². The van der Waals surface area contributed by atoms with Crippen molar-refractivity contribution in [3.05, 3.63) is 188 Å². The minimum atomic E-state index is 0.531. The molecule has 0 radical (unpaired) electrons. The monoisotopic (exact) mass is 793 g/mol. The highest BCUT2D eigenvalue weighted by Crippen LogP contribution is 2.43. The Morgan fingerprint density at radius 3 is 1.42 bits per heavy atom. The molecule has 7 heteroatoms. The van der Waals surface area contributed by atoms with Gasteiger partial charge in [0.2, 0.25) is 5.95 Å². The molecule has 0 aliphatic carbocycles. The molecule has 0 saturated carbocycles. The van der Waals surface area contributed by atoms with Crippen LogP contribution in [0.1, 0.15) is 0 Å². The molecule has 14 aromatic rings. The predicted molar refractivity (Wildman–Crippen MR) is 251 cm³/mol.